The molecule has 3 aromatic heterocycles. The lowest BCUT2D eigenvalue weighted by Gasteiger charge is -2.01. The first kappa shape index (κ1) is 18.9. The van der Waals surface area contributed by atoms with Gasteiger partial charge in [0, 0.05) is 36.1 Å². The molecule has 0 radical (unpaired) electrons. The fourth-order valence-corrected chi connectivity index (χ4v) is 3.23. The Morgan fingerprint density at radius 2 is 1.86 bits per heavy atom. The maximum atomic E-state index is 14.0. The van der Waals surface area contributed by atoms with Gasteiger partial charge in [0.25, 0.3) is 5.89 Å². The number of carbonyl (C=O) groups is 1. The normalized spacial score (nSPS) is 11.1. The molecule has 1 aromatic carbocycles. The molecule has 3 heterocycles. The molecule has 0 saturated carbocycles. The average Bonchev–Trinajstić information content (AvgIpc) is 3.18. The highest BCUT2D eigenvalue weighted by atomic mass is 19.1. The molecule has 0 atom stereocenters. The smallest absolute Gasteiger partial charge is 0.265 e. The maximum absolute atomic E-state index is 14.0. The number of hydrogen-bond acceptors (Lipinski definition) is 5. The molecule has 0 unspecified atom stereocenters. The van der Waals surface area contributed by atoms with E-state index in [2.05, 4.69) is 15.0 Å². The Kier molecular flexibility index (Phi) is 5.70. The minimum absolute atomic E-state index is 0.0623. The molecule has 29 heavy (non-hydrogen) atoms. The molecule has 0 fully saturated rings. The first-order chi connectivity index (χ1) is 14.2. The number of Topliss-reactive ketones (excluding diaryl/α,β-unsaturated/α-hetero) is 1. The number of benzene rings is 1. The number of ketones is 1. The highest BCUT2D eigenvalue weighted by Crippen LogP contribution is 2.25. The van der Waals surface area contributed by atoms with Gasteiger partial charge < -0.3 is 4.42 Å². The Labute approximate surface area is 167 Å². The van der Waals surface area contributed by atoms with Crippen LogP contribution >= 0.6 is 0 Å². The maximum Gasteiger partial charge on any atom is 0.265 e. The van der Waals surface area contributed by atoms with Crippen molar-refractivity contribution in [3.8, 4) is 11.1 Å². The van der Waals surface area contributed by atoms with Crippen molar-refractivity contribution in [2.24, 2.45) is 0 Å². The van der Waals surface area contributed by atoms with Gasteiger partial charge in [0.05, 0.1) is 0 Å². The number of halogens is 1. The fourth-order valence-electron chi connectivity index (χ4n) is 3.23. The number of aryl methyl sites for hydroxylation is 1. The second kappa shape index (κ2) is 8.73. The largest absolute Gasteiger partial charge is 0.432 e. The van der Waals surface area contributed by atoms with Crippen LogP contribution in [0.2, 0.25) is 0 Å². The quantitative estimate of drug-likeness (QED) is 0.298. The molecule has 6 heteroatoms. The van der Waals surface area contributed by atoms with E-state index in [4.69, 9.17) is 4.42 Å². The van der Waals surface area contributed by atoms with E-state index in [-0.39, 0.29) is 17.5 Å². The third-order valence-electron chi connectivity index (χ3n) is 4.79. The molecule has 0 spiro atoms. The monoisotopic (exact) mass is 389 g/mol. The topological polar surface area (TPSA) is 68.9 Å². The minimum Gasteiger partial charge on any atom is -0.432 e. The molecule has 0 aliphatic heterocycles. The summed E-state index contributed by atoms with van der Waals surface area (Å²) in [6.45, 7) is 0. The third-order valence-corrected chi connectivity index (χ3v) is 4.79. The molecule has 0 aliphatic carbocycles. The molecule has 5 nitrogen and oxygen atoms in total. The number of unbranched alkanes of at least 4 members (excludes halogenated alkanes) is 2. The standard InChI is InChI=1S/C23H20FN3O2/c24-19-8-5-4-7-18(19)17-14-21-22(26-15-17)27-23(29-21)20(28)9-3-1-2-6-16-10-12-25-13-11-16/h4-5,7-8,10-15H,1-3,6,9H2. The summed E-state index contributed by atoms with van der Waals surface area (Å²) in [6, 6.07) is 12.1. The van der Waals surface area contributed by atoms with Gasteiger partial charge in [0.1, 0.15) is 5.82 Å². The van der Waals surface area contributed by atoms with E-state index < -0.39 is 0 Å². The first-order valence-corrected chi connectivity index (χ1v) is 9.64. The molecule has 4 aromatic rings. The molecule has 0 amide bonds. The second-order valence-electron chi connectivity index (χ2n) is 6.88. The Morgan fingerprint density at radius 3 is 2.69 bits per heavy atom. The SMILES string of the molecule is O=C(CCCCCc1ccncc1)c1nc2ncc(-c3ccccc3F)cc2o1. The van der Waals surface area contributed by atoms with Crippen LogP contribution in [0.15, 0.2) is 65.5 Å². The zero-order chi connectivity index (χ0) is 20.1. The van der Waals surface area contributed by atoms with Crippen molar-refractivity contribution in [3.63, 3.8) is 0 Å². The van der Waals surface area contributed by atoms with Gasteiger partial charge in [-0.05, 0) is 49.1 Å². The highest BCUT2D eigenvalue weighted by molar-refractivity contribution is 5.93. The zero-order valence-corrected chi connectivity index (χ0v) is 15.8. The molecule has 0 aliphatic rings. The molecule has 146 valence electrons. The van der Waals surface area contributed by atoms with Gasteiger partial charge in [-0.15, -0.1) is 0 Å². The average molecular weight is 389 g/mol. The van der Waals surface area contributed by atoms with E-state index in [0.29, 0.717) is 28.8 Å². The summed E-state index contributed by atoms with van der Waals surface area (Å²) in [7, 11) is 0. The molecule has 0 saturated heterocycles. The molecule has 4 rings (SSSR count). The number of nitrogens with zero attached hydrogens (tertiary/aromatic N) is 3. The van der Waals surface area contributed by atoms with Gasteiger partial charge in [0.15, 0.2) is 11.2 Å². The van der Waals surface area contributed by atoms with Gasteiger partial charge in [0.2, 0.25) is 5.78 Å². The van der Waals surface area contributed by atoms with E-state index in [1.165, 1.54) is 17.8 Å². The van der Waals surface area contributed by atoms with Crippen LogP contribution in [0.25, 0.3) is 22.4 Å². The van der Waals surface area contributed by atoms with Crippen molar-refractivity contribution in [2.75, 3.05) is 0 Å². The van der Waals surface area contributed by atoms with Gasteiger partial charge >= 0.3 is 0 Å². The number of aromatic nitrogens is 3. The third kappa shape index (κ3) is 4.54. The van der Waals surface area contributed by atoms with E-state index in [0.717, 1.165) is 25.7 Å². The summed E-state index contributed by atoms with van der Waals surface area (Å²) in [4.78, 5) is 24.8. The molecular weight excluding hydrogens is 369 g/mol. The summed E-state index contributed by atoms with van der Waals surface area (Å²) < 4.78 is 19.6. The van der Waals surface area contributed by atoms with Crippen LogP contribution in [0.3, 0.4) is 0 Å². The lowest BCUT2D eigenvalue weighted by molar-refractivity contribution is 0.0947. The number of hydrogen-bond donors (Lipinski definition) is 0. The number of rotatable bonds is 8. The summed E-state index contributed by atoms with van der Waals surface area (Å²) in [5, 5.41) is 0. The Balaban J connectivity index is 1.36. The van der Waals surface area contributed by atoms with Crippen molar-refractivity contribution in [3.05, 3.63) is 78.3 Å². The molecule has 0 bridgehead atoms. The van der Waals surface area contributed by atoms with Crippen molar-refractivity contribution in [1.82, 2.24) is 15.0 Å². The van der Waals surface area contributed by atoms with Gasteiger partial charge in [-0.1, -0.05) is 24.6 Å². The Hall–Kier alpha value is -3.41. The van der Waals surface area contributed by atoms with Crippen molar-refractivity contribution >= 4 is 17.0 Å². The number of pyridine rings is 2. The van der Waals surface area contributed by atoms with Gasteiger partial charge in [-0.25, -0.2) is 9.37 Å². The summed E-state index contributed by atoms with van der Waals surface area (Å²) in [5.74, 6) is -0.414. The van der Waals surface area contributed by atoms with E-state index in [9.17, 15) is 9.18 Å². The van der Waals surface area contributed by atoms with Crippen molar-refractivity contribution in [1.29, 1.82) is 0 Å². The lowest BCUT2D eigenvalue weighted by atomic mass is 10.1. The molecule has 0 N–H and O–H groups in total. The highest BCUT2D eigenvalue weighted by Gasteiger charge is 2.16. The van der Waals surface area contributed by atoms with Crippen LogP contribution in [-0.2, 0) is 6.42 Å². The first-order valence-electron chi connectivity index (χ1n) is 9.64. The minimum atomic E-state index is -0.337. The Morgan fingerprint density at radius 1 is 1.03 bits per heavy atom. The summed E-state index contributed by atoms with van der Waals surface area (Å²) in [6.07, 6.45) is 9.21. The van der Waals surface area contributed by atoms with Gasteiger partial charge in [-0.3, -0.25) is 9.78 Å². The van der Waals surface area contributed by atoms with Crippen LogP contribution in [0.1, 0.15) is 41.9 Å². The predicted molar refractivity (Wildman–Crippen MR) is 108 cm³/mol. The van der Waals surface area contributed by atoms with E-state index >= 15 is 0 Å². The second-order valence-corrected chi connectivity index (χ2v) is 6.88. The van der Waals surface area contributed by atoms with Crippen LogP contribution in [0, 0.1) is 5.82 Å². The number of carbonyl (C=O) groups excluding carboxylic acids is 1. The number of oxazole rings is 1. The van der Waals surface area contributed by atoms with Crippen molar-refractivity contribution in [2.45, 2.75) is 32.1 Å². The Bertz CT molecular complexity index is 1130. The summed E-state index contributed by atoms with van der Waals surface area (Å²) in [5.41, 5.74) is 3.00. The van der Waals surface area contributed by atoms with Crippen LogP contribution in [0.4, 0.5) is 4.39 Å². The van der Waals surface area contributed by atoms with Crippen LogP contribution in [-0.4, -0.2) is 20.7 Å². The van der Waals surface area contributed by atoms with Crippen molar-refractivity contribution < 1.29 is 13.6 Å². The molecular formula is C23H20FN3O2. The van der Waals surface area contributed by atoms with Crippen LogP contribution < -0.4 is 0 Å². The summed E-state index contributed by atoms with van der Waals surface area (Å²) >= 11 is 0. The van der Waals surface area contributed by atoms with E-state index in [1.807, 2.05) is 12.1 Å². The lowest BCUT2D eigenvalue weighted by Crippen LogP contribution is -1.99. The van der Waals surface area contributed by atoms with E-state index in [1.54, 1.807) is 36.7 Å². The number of fused-ring (bicyclic) bond motifs is 1. The fraction of sp³-hybridized carbons (Fsp3) is 0.217. The predicted octanol–water partition coefficient (Wildman–Crippen LogP) is 5.41. The van der Waals surface area contributed by atoms with Crippen LogP contribution in [0.5, 0.6) is 0 Å². The van der Waals surface area contributed by atoms with Gasteiger partial charge in [-0.2, -0.15) is 4.98 Å². The zero-order valence-electron chi connectivity index (χ0n) is 15.8.